The van der Waals surface area contributed by atoms with Gasteiger partial charge in [0.15, 0.2) is 0 Å². The van der Waals surface area contributed by atoms with Crippen LogP contribution in [0.2, 0.25) is 0 Å². The number of aromatic nitrogens is 2. The van der Waals surface area contributed by atoms with E-state index in [1.165, 1.54) is 12.5 Å². The van der Waals surface area contributed by atoms with Crippen LogP contribution in [0.5, 0.6) is 0 Å². The van der Waals surface area contributed by atoms with E-state index in [1.54, 1.807) is 0 Å². The summed E-state index contributed by atoms with van der Waals surface area (Å²) in [6.45, 7) is 6.37. The van der Waals surface area contributed by atoms with Gasteiger partial charge in [0.05, 0.1) is 5.69 Å². The number of hydrogen-bond donors (Lipinski definition) is 1. The zero-order valence-corrected chi connectivity index (χ0v) is 8.97. The molecule has 1 aromatic rings. The van der Waals surface area contributed by atoms with Crippen LogP contribution in [0.15, 0.2) is 12.5 Å². The molecule has 1 heterocycles. The molecule has 1 aromatic heterocycles. The summed E-state index contributed by atoms with van der Waals surface area (Å²) >= 11 is 0. The average molecular weight is 209 g/mol. The van der Waals surface area contributed by atoms with Gasteiger partial charge in [-0.1, -0.05) is 13.8 Å². The van der Waals surface area contributed by atoms with E-state index >= 15 is 0 Å². The van der Waals surface area contributed by atoms with Crippen molar-refractivity contribution in [3.8, 4) is 0 Å². The Bertz CT molecular complexity index is 337. The number of carbonyl (C=O) groups is 1. The van der Waals surface area contributed by atoms with Crippen LogP contribution in [-0.2, 0) is 6.54 Å². The van der Waals surface area contributed by atoms with Gasteiger partial charge in [-0.2, -0.15) is 0 Å². The van der Waals surface area contributed by atoms with Gasteiger partial charge in [-0.15, -0.1) is 0 Å². The Balaban J connectivity index is 2.88. The van der Waals surface area contributed by atoms with Crippen molar-refractivity contribution in [3.05, 3.63) is 23.8 Å². The zero-order valence-electron chi connectivity index (χ0n) is 8.97. The molecule has 0 aliphatic heterocycles. The van der Waals surface area contributed by atoms with E-state index in [4.69, 9.17) is 5.11 Å². The largest absolute Gasteiger partial charge is 0.478 e. The lowest BCUT2D eigenvalue weighted by Gasteiger charge is -2.17. The van der Waals surface area contributed by atoms with Gasteiger partial charge in [0, 0.05) is 12.7 Å². The molecule has 0 fully saturated rings. The Labute approximate surface area is 88.8 Å². The van der Waals surface area contributed by atoms with Crippen molar-refractivity contribution in [3.63, 3.8) is 0 Å². The fraction of sp³-hybridized carbons (Fsp3) is 0.500. The van der Waals surface area contributed by atoms with Crippen LogP contribution in [0.3, 0.4) is 0 Å². The molecule has 0 aliphatic rings. The first-order valence-corrected chi connectivity index (χ1v) is 4.93. The summed E-state index contributed by atoms with van der Waals surface area (Å²) in [5, 5.41) is 8.93. The number of nitrogens with zero attached hydrogens (tertiary/aromatic N) is 3. The second-order valence-corrected chi connectivity index (χ2v) is 3.15. The second kappa shape index (κ2) is 5.41. The Kier molecular flexibility index (Phi) is 4.17. The SMILES string of the molecule is CCN(CC)Cc1ncncc1C(=O)O. The summed E-state index contributed by atoms with van der Waals surface area (Å²) in [6.07, 6.45) is 2.72. The molecule has 0 bridgehead atoms. The number of rotatable bonds is 5. The molecular weight excluding hydrogens is 194 g/mol. The lowest BCUT2D eigenvalue weighted by Crippen LogP contribution is -2.24. The van der Waals surface area contributed by atoms with Crippen molar-refractivity contribution in [1.29, 1.82) is 0 Å². The first-order chi connectivity index (χ1) is 7.19. The van der Waals surface area contributed by atoms with Gasteiger partial charge < -0.3 is 5.11 Å². The Morgan fingerprint density at radius 1 is 1.47 bits per heavy atom. The highest BCUT2D eigenvalue weighted by molar-refractivity contribution is 5.88. The molecule has 0 saturated heterocycles. The standard InChI is InChI=1S/C10H15N3O2/c1-3-13(4-2)6-9-8(10(14)15)5-11-7-12-9/h5,7H,3-4,6H2,1-2H3,(H,14,15). The van der Waals surface area contributed by atoms with Crippen LogP contribution < -0.4 is 0 Å². The summed E-state index contributed by atoms with van der Waals surface area (Å²) in [5.74, 6) is -0.974. The van der Waals surface area contributed by atoms with Gasteiger partial charge in [-0.3, -0.25) is 4.90 Å². The molecule has 5 heteroatoms. The maximum Gasteiger partial charge on any atom is 0.339 e. The fourth-order valence-corrected chi connectivity index (χ4v) is 1.32. The topological polar surface area (TPSA) is 66.3 Å². The third-order valence-corrected chi connectivity index (χ3v) is 2.29. The molecule has 0 saturated carbocycles. The predicted octanol–water partition coefficient (Wildman–Crippen LogP) is 1.02. The lowest BCUT2D eigenvalue weighted by atomic mass is 10.2. The van der Waals surface area contributed by atoms with Gasteiger partial charge >= 0.3 is 5.97 Å². The number of carboxylic acids is 1. The molecule has 82 valence electrons. The average Bonchev–Trinajstić information content (AvgIpc) is 2.26. The van der Waals surface area contributed by atoms with Crippen molar-refractivity contribution in [1.82, 2.24) is 14.9 Å². The monoisotopic (exact) mass is 209 g/mol. The molecule has 0 unspecified atom stereocenters. The predicted molar refractivity (Wildman–Crippen MR) is 55.6 cm³/mol. The Morgan fingerprint density at radius 2 is 2.13 bits per heavy atom. The number of hydrogen-bond acceptors (Lipinski definition) is 4. The second-order valence-electron chi connectivity index (χ2n) is 3.15. The van der Waals surface area contributed by atoms with Crippen LogP contribution >= 0.6 is 0 Å². The molecule has 0 atom stereocenters. The van der Waals surface area contributed by atoms with Crippen molar-refractivity contribution < 1.29 is 9.90 Å². The minimum atomic E-state index is -0.974. The lowest BCUT2D eigenvalue weighted by molar-refractivity contribution is 0.0693. The summed E-state index contributed by atoms with van der Waals surface area (Å²) in [7, 11) is 0. The summed E-state index contributed by atoms with van der Waals surface area (Å²) in [4.78, 5) is 20.7. The van der Waals surface area contributed by atoms with Crippen LogP contribution in [-0.4, -0.2) is 39.0 Å². The Morgan fingerprint density at radius 3 is 2.67 bits per heavy atom. The van der Waals surface area contributed by atoms with Gasteiger partial charge in [0.2, 0.25) is 0 Å². The third-order valence-electron chi connectivity index (χ3n) is 2.29. The van der Waals surface area contributed by atoms with E-state index in [9.17, 15) is 4.79 Å². The summed E-state index contributed by atoms with van der Waals surface area (Å²) in [5.41, 5.74) is 0.755. The van der Waals surface area contributed by atoms with Crippen LogP contribution in [0, 0.1) is 0 Å². The third kappa shape index (κ3) is 2.99. The fourth-order valence-electron chi connectivity index (χ4n) is 1.32. The molecule has 0 radical (unpaired) electrons. The van der Waals surface area contributed by atoms with Crippen molar-refractivity contribution in [2.75, 3.05) is 13.1 Å². The molecule has 0 spiro atoms. The first-order valence-electron chi connectivity index (χ1n) is 4.93. The maximum absolute atomic E-state index is 10.9. The Hall–Kier alpha value is -1.49. The van der Waals surface area contributed by atoms with Crippen LogP contribution in [0.25, 0.3) is 0 Å². The van der Waals surface area contributed by atoms with Gasteiger partial charge in [-0.05, 0) is 13.1 Å². The van der Waals surface area contributed by atoms with E-state index in [2.05, 4.69) is 14.9 Å². The van der Waals surface area contributed by atoms with E-state index < -0.39 is 5.97 Å². The van der Waals surface area contributed by atoms with Crippen LogP contribution in [0.1, 0.15) is 29.9 Å². The highest BCUT2D eigenvalue weighted by atomic mass is 16.4. The van der Waals surface area contributed by atoms with E-state index in [1.807, 2.05) is 13.8 Å². The van der Waals surface area contributed by atoms with Crippen molar-refractivity contribution >= 4 is 5.97 Å². The molecule has 1 N–H and O–H groups in total. The van der Waals surface area contributed by atoms with E-state index in [0.29, 0.717) is 12.2 Å². The normalized spacial score (nSPS) is 10.6. The number of aromatic carboxylic acids is 1. The molecule has 5 nitrogen and oxygen atoms in total. The maximum atomic E-state index is 10.9. The summed E-state index contributed by atoms with van der Waals surface area (Å²) in [6, 6.07) is 0. The number of carboxylic acid groups (broad SMARTS) is 1. The molecular formula is C10H15N3O2. The van der Waals surface area contributed by atoms with Gasteiger partial charge in [-0.25, -0.2) is 14.8 Å². The molecule has 1 rings (SSSR count). The quantitative estimate of drug-likeness (QED) is 0.784. The van der Waals surface area contributed by atoms with Crippen molar-refractivity contribution in [2.45, 2.75) is 20.4 Å². The molecule has 15 heavy (non-hydrogen) atoms. The minimum absolute atomic E-state index is 0.185. The van der Waals surface area contributed by atoms with Gasteiger partial charge in [0.1, 0.15) is 11.9 Å². The van der Waals surface area contributed by atoms with E-state index in [0.717, 1.165) is 13.1 Å². The molecule has 0 amide bonds. The van der Waals surface area contributed by atoms with Crippen molar-refractivity contribution in [2.24, 2.45) is 0 Å². The van der Waals surface area contributed by atoms with E-state index in [-0.39, 0.29) is 5.56 Å². The highest BCUT2D eigenvalue weighted by Crippen LogP contribution is 2.07. The van der Waals surface area contributed by atoms with Crippen LogP contribution in [0.4, 0.5) is 0 Å². The molecule has 0 aromatic carbocycles. The first kappa shape index (κ1) is 11.6. The highest BCUT2D eigenvalue weighted by Gasteiger charge is 2.13. The molecule has 0 aliphatic carbocycles. The van der Waals surface area contributed by atoms with Gasteiger partial charge in [0.25, 0.3) is 0 Å². The summed E-state index contributed by atoms with van der Waals surface area (Å²) < 4.78 is 0. The zero-order chi connectivity index (χ0) is 11.3. The minimum Gasteiger partial charge on any atom is -0.478 e. The smallest absolute Gasteiger partial charge is 0.339 e.